The Kier molecular flexibility index (Phi) is 7.09. The molecule has 0 aliphatic carbocycles. The summed E-state index contributed by atoms with van der Waals surface area (Å²) in [6, 6.07) is 17.6. The minimum Gasteiger partial charge on any atom is -0.480 e. The van der Waals surface area contributed by atoms with Gasteiger partial charge in [-0.25, -0.2) is 0 Å². The first-order chi connectivity index (χ1) is 12.1. The zero-order chi connectivity index (χ0) is 18.1. The molecule has 2 aromatic rings. The average molecular weight is 349 g/mol. The van der Waals surface area contributed by atoms with E-state index in [-0.39, 0.29) is 6.54 Å². The highest BCUT2D eigenvalue weighted by Gasteiger charge is 2.03. The number of allylic oxidation sites excluding steroid dienone is 1. The van der Waals surface area contributed by atoms with Crippen LogP contribution in [0.5, 0.6) is 0 Å². The zero-order valence-electron chi connectivity index (χ0n) is 14.0. The molecule has 2 rings (SSSR count). The van der Waals surface area contributed by atoms with Crippen molar-refractivity contribution in [3.63, 3.8) is 0 Å². The third kappa shape index (κ3) is 6.34. The van der Waals surface area contributed by atoms with Gasteiger partial charge in [-0.2, -0.15) is 0 Å². The van der Waals surface area contributed by atoms with Crippen LogP contribution < -0.4 is 0 Å². The minimum atomic E-state index is -0.845. The van der Waals surface area contributed by atoms with Crippen LogP contribution in [0, 0.1) is 11.8 Å². The summed E-state index contributed by atoms with van der Waals surface area (Å²) in [5.41, 5.74) is 3.77. The van der Waals surface area contributed by atoms with Crippen LogP contribution >= 0.6 is 12.2 Å². The van der Waals surface area contributed by atoms with E-state index < -0.39 is 5.97 Å². The molecule has 0 heterocycles. The van der Waals surface area contributed by atoms with E-state index in [1.165, 1.54) is 0 Å². The molecule has 0 spiro atoms. The second-order valence-corrected chi connectivity index (χ2v) is 5.80. The number of carboxylic acid groups (broad SMARTS) is 1. The van der Waals surface area contributed by atoms with Crippen molar-refractivity contribution in [1.82, 2.24) is 4.90 Å². The number of aliphatic carboxylic acids is 1. The van der Waals surface area contributed by atoms with Gasteiger partial charge < -0.3 is 5.11 Å². The molecule has 2 aromatic carbocycles. The van der Waals surface area contributed by atoms with E-state index >= 15 is 0 Å². The molecule has 0 aliphatic rings. The summed E-state index contributed by atoms with van der Waals surface area (Å²) in [4.78, 5) is 12.5. The fourth-order valence-electron chi connectivity index (χ4n) is 2.19. The Morgan fingerprint density at radius 3 is 2.44 bits per heavy atom. The van der Waals surface area contributed by atoms with Crippen molar-refractivity contribution in [3.05, 3.63) is 77.4 Å². The van der Waals surface area contributed by atoms with Gasteiger partial charge in [-0.3, -0.25) is 9.69 Å². The van der Waals surface area contributed by atoms with E-state index in [2.05, 4.69) is 11.8 Å². The van der Waals surface area contributed by atoms with Gasteiger partial charge in [-0.1, -0.05) is 72.6 Å². The number of carboxylic acids is 1. The number of carbonyl (C=O) groups is 1. The van der Waals surface area contributed by atoms with E-state index in [9.17, 15) is 4.79 Å². The van der Waals surface area contributed by atoms with Crippen molar-refractivity contribution in [2.45, 2.75) is 0 Å². The largest absolute Gasteiger partial charge is 0.480 e. The first kappa shape index (κ1) is 18.6. The van der Waals surface area contributed by atoms with Gasteiger partial charge in [0.15, 0.2) is 0 Å². The van der Waals surface area contributed by atoms with E-state index in [4.69, 9.17) is 17.3 Å². The van der Waals surface area contributed by atoms with Crippen molar-refractivity contribution in [2.75, 3.05) is 20.1 Å². The Bertz CT molecular complexity index is 814. The lowest BCUT2D eigenvalue weighted by Gasteiger charge is -2.11. The van der Waals surface area contributed by atoms with E-state index in [1.54, 1.807) is 17.3 Å². The van der Waals surface area contributed by atoms with Crippen molar-refractivity contribution in [1.29, 1.82) is 0 Å². The van der Waals surface area contributed by atoms with Gasteiger partial charge in [-0.05, 0) is 30.3 Å². The number of thiocarbonyl (C=S) groups is 1. The molecule has 1 N–H and O–H groups in total. The van der Waals surface area contributed by atoms with Crippen LogP contribution in [0.25, 0.3) is 5.57 Å². The fraction of sp³-hybridized carbons (Fsp3) is 0.143. The Morgan fingerprint density at radius 2 is 1.84 bits per heavy atom. The molecular formula is C21H19NO2S. The summed E-state index contributed by atoms with van der Waals surface area (Å²) >= 11 is 4.90. The lowest BCUT2D eigenvalue weighted by Crippen LogP contribution is -2.25. The summed E-state index contributed by atoms with van der Waals surface area (Å²) in [6.45, 7) is 0.500. The van der Waals surface area contributed by atoms with Gasteiger partial charge in [-0.15, -0.1) is 0 Å². The Balaban J connectivity index is 2.24. The van der Waals surface area contributed by atoms with Crippen LogP contribution in [0.4, 0.5) is 0 Å². The molecule has 0 radical (unpaired) electrons. The molecule has 126 valence electrons. The topological polar surface area (TPSA) is 40.5 Å². The van der Waals surface area contributed by atoms with Crippen LogP contribution in [0.1, 0.15) is 16.7 Å². The summed E-state index contributed by atoms with van der Waals surface area (Å²) in [5.74, 6) is 5.51. The number of benzene rings is 2. The van der Waals surface area contributed by atoms with Crippen molar-refractivity contribution in [3.8, 4) is 11.8 Å². The highest BCUT2D eigenvalue weighted by molar-refractivity contribution is 7.79. The molecule has 0 saturated carbocycles. The summed E-state index contributed by atoms with van der Waals surface area (Å²) in [6.07, 6.45) is 1.96. The average Bonchev–Trinajstić information content (AvgIpc) is 2.62. The highest BCUT2D eigenvalue weighted by Crippen LogP contribution is 2.13. The fourth-order valence-corrected chi connectivity index (χ4v) is 2.34. The van der Waals surface area contributed by atoms with E-state index in [0.717, 1.165) is 22.3 Å². The number of hydrogen-bond acceptors (Lipinski definition) is 3. The Labute approximate surface area is 153 Å². The second kappa shape index (κ2) is 9.53. The third-order valence-corrected chi connectivity index (χ3v) is 3.76. The van der Waals surface area contributed by atoms with Crippen molar-refractivity contribution < 1.29 is 9.90 Å². The van der Waals surface area contributed by atoms with E-state index in [0.29, 0.717) is 6.54 Å². The smallest absolute Gasteiger partial charge is 0.317 e. The van der Waals surface area contributed by atoms with Crippen LogP contribution in [0.3, 0.4) is 0 Å². The van der Waals surface area contributed by atoms with Crippen molar-refractivity contribution in [2.24, 2.45) is 0 Å². The summed E-state index contributed by atoms with van der Waals surface area (Å²) in [7, 11) is 1.77. The van der Waals surface area contributed by atoms with E-state index in [1.807, 2.05) is 60.7 Å². The molecule has 0 aliphatic heterocycles. The monoisotopic (exact) mass is 349 g/mol. The maximum absolute atomic E-state index is 10.8. The standard InChI is InChI=1S/C21H19NO2S/c1-22(15-21(23)24)14-13-20(19-5-3-2-4-6-19)12-11-17-7-9-18(16-25)10-8-17/h2-10,13,16H,14-15H2,1H3,(H,23,24). The molecule has 0 atom stereocenters. The molecule has 0 saturated heterocycles. The van der Waals surface area contributed by atoms with Crippen LogP contribution in [-0.4, -0.2) is 41.5 Å². The van der Waals surface area contributed by atoms with Crippen LogP contribution in [0.15, 0.2) is 60.7 Å². The lowest BCUT2D eigenvalue weighted by atomic mass is 10.0. The minimum absolute atomic E-state index is 0.00889. The van der Waals surface area contributed by atoms with Gasteiger partial charge in [0.05, 0.1) is 6.54 Å². The zero-order valence-corrected chi connectivity index (χ0v) is 14.8. The molecular weight excluding hydrogens is 330 g/mol. The predicted molar refractivity (Wildman–Crippen MR) is 106 cm³/mol. The van der Waals surface area contributed by atoms with Gasteiger partial charge in [0, 0.05) is 23.0 Å². The maximum atomic E-state index is 10.8. The third-order valence-electron chi connectivity index (χ3n) is 3.49. The second-order valence-electron chi connectivity index (χ2n) is 5.56. The quantitative estimate of drug-likeness (QED) is 0.640. The Morgan fingerprint density at radius 1 is 1.16 bits per heavy atom. The molecule has 4 heteroatoms. The normalized spacial score (nSPS) is 10.9. The molecule has 0 fully saturated rings. The number of rotatable bonds is 6. The summed E-state index contributed by atoms with van der Waals surface area (Å²) in [5, 5.41) is 10.5. The molecule has 0 aromatic heterocycles. The highest BCUT2D eigenvalue weighted by atomic mass is 32.1. The van der Waals surface area contributed by atoms with Crippen LogP contribution in [0.2, 0.25) is 0 Å². The SMILES string of the molecule is CN(CC=C(C#Cc1ccc(C=S)cc1)c1ccccc1)CC(=O)O. The van der Waals surface area contributed by atoms with Gasteiger partial charge in [0.2, 0.25) is 0 Å². The van der Waals surface area contributed by atoms with Gasteiger partial charge in [0.25, 0.3) is 0 Å². The molecule has 0 amide bonds. The first-order valence-electron chi connectivity index (χ1n) is 7.81. The summed E-state index contributed by atoms with van der Waals surface area (Å²) < 4.78 is 0. The lowest BCUT2D eigenvalue weighted by molar-refractivity contribution is -0.137. The van der Waals surface area contributed by atoms with Gasteiger partial charge in [0.1, 0.15) is 0 Å². The number of nitrogens with zero attached hydrogens (tertiary/aromatic N) is 1. The first-order valence-corrected chi connectivity index (χ1v) is 8.29. The Hall–Kier alpha value is -2.74. The van der Waals surface area contributed by atoms with Crippen molar-refractivity contribution >= 4 is 29.1 Å². The molecule has 25 heavy (non-hydrogen) atoms. The molecule has 0 bridgehead atoms. The molecule has 3 nitrogen and oxygen atoms in total. The maximum Gasteiger partial charge on any atom is 0.317 e. The predicted octanol–water partition coefficient (Wildman–Crippen LogP) is 3.49. The molecule has 0 unspecified atom stereocenters. The number of likely N-dealkylation sites (N-methyl/N-ethyl adjacent to an activating group) is 1. The van der Waals surface area contributed by atoms with Gasteiger partial charge >= 0.3 is 5.97 Å². The van der Waals surface area contributed by atoms with Crippen LogP contribution in [-0.2, 0) is 4.79 Å². The number of hydrogen-bond donors (Lipinski definition) is 1.